The van der Waals surface area contributed by atoms with E-state index in [1.807, 2.05) is 54.6 Å². The topological polar surface area (TPSA) is 81.2 Å². The van der Waals surface area contributed by atoms with Crippen LogP contribution in [0.25, 0.3) is 22.6 Å². The van der Waals surface area contributed by atoms with Crippen molar-refractivity contribution in [2.75, 3.05) is 11.1 Å². The second-order valence-electron chi connectivity index (χ2n) is 5.66. The molecule has 0 aliphatic heterocycles. The van der Waals surface area contributed by atoms with E-state index in [1.54, 1.807) is 11.8 Å². The van der Waals surface area contributed by atoms with Gasteiger partial charge in [-0.25, -0.2) is 0 Å². The summed E-state index contributed by atoms with van der Waals surface area (Å²) in [5.41, 5.74) is 0.732. The second kappa shape index (κ2) is 7.85. The number of carbonyl (C=O) groups is 1. The molecule has 4 rings (SSSR count). The number of nitrogens with one attached hydrogen (secondary N) is 1. The van der Waals surface area contributed by atoms with Gasteiger partial charge in [0.25, 0.3) is 5.89 Å². The number of hydrogen-bond acceptors (Lipinski definition) is 6. The van der Waals surface area contributed by atoms with Crippen molar-refractivity contribution in [1.82, 2.24) is 10.2 Å². The smallest absolute Gasteiger partial charge is 0.322 e. The summed E-state index contributed by atoms with van der Waals surface area (Å²) in [7, 11) is 0. The number of thioether (sulfide) groups is 1. The van der Waals surface area contributed by atoms with Crippen LogP contribution in [0.15, 0.2) is 68.3 Å². The maximum absolute atomic E-state index is 12.0. The zero-order chi connectivity index (χ0) is 18.6. The lowest BCUT2D eigenvalue weighted by Crippen LogP contribution is -2.12. The number of halogens is 1. The van der Waals surface area contributed by atoms with Crippen molar-refractivity contribution in [3.05, 3.63) is 59.6 Å². The highest BCUT2D eigenvalue weighted by Gasteiger charge is 2.15. The molecule has 27 heavy (non-hydrogen) atoms. The first-order chi connectivity index (χ1) is 13.2. The minimum absolute atomic E-state index is 0.0481. The van der Waals surface area contributed by atoms with Gasteiger partial charge >= 0.3 is 6.01 Å². The minimum Gasteiger partial charge on any atom is -0.451 e. The predicted molar refractivity (Wildman–Crippen MR) is 105 cm³/mol. The lowest BCUT2D eigenvalue weighted by atomic mass is 10.2. The van der Waals surface area contributed by atoms with E-state index in [0.717, 1.165) is 15.9 Å². The molecule has 136 valence electrons. The highest BCUT2D eigenvalue weighted by molar-refractivity contribution is 7.99. The molecule has 0 atom stereocenters. The monoisotopic (exact) mass is 399 g/mol. The lowest BCUT2D eigenvalue weighted by molar-refractivity contribution is -0.115. The fraction of sp³-hybridized carbons (Fsp3) is 0.105. The fourth-order valence-electron chi connectivity index (χ4n) is 2.43. The minimum atomic E-state index is -0.198. The third-order valence-corrected chi connectivity index (χ3v) is 4.98. The van der Waals surface area contributed by atoms with Gasteiger partial charge in [0, 0.05) is 27.5 Å². The summed E-state index contributed by atoms with van der Waals surface area (Å²) in [4.78, 5) is 13.1. The molecule has 0 bridgehead atoms. The van der Waals surface area contributed by atoms with Crippen molar-refractivity contribution >= 4 is 46.3 Å². The molecule has 0 saturated carbocycles. The Labute approximate surface area is 163 Å². The quantitative estimate of drug-likeness (QED) is 0.445. The Morgan fingerprint density at radius 3 is 2.70 bits per heavy atom. The zero-order valence-electron chi connectivity index (χ0n) is 14.0. The van der Waals surface area contributed by atoms with Gasteiger partial charge in [-0.3, -0.25) is 10.1 Å². The lowest BCUT2D eigenvalue weighted by Gasteiger charge is -2.02. The molecule has 0 saturated heterocycles. The number of amides is 1. The molecule has 4 aromatic rings. The van der Waals surface area contributed by atoms with Gasteiger partial charge < -0.3 is 8.83 Å². The first kappa shape index (κ1) is 17.6. The summed E-state index contributed by atoms with van der Waals surface area (Å²) in [6.45, 7) is 0. The van der Waals surface area contributed by atoms with Gasteiger partial charge in [-0.15, -0.1) is 16.9 Å². The molecule has 0 unspecified atom stereocenters. The summed E-state index contributed by atoms with van der Waals surface area (Å²) < 4.78 is 11.2. The van der Waals surface area contributed by atoms with Crippen molar-refractivity contribution in [1.29, 1.82) is 0 Å². The van der Waals surface area contributed by atoms with Gasteiger partial charge in [0.2, 0.25) is 5.91 Å². The van der Waals surface area contributed by atoms with Crippen LogP contribution >= 0.6 is 23.4 Å². The second-order valence-corrected chi connectivity index (χ2v) is 7.27. The van der Waals surface area contributed by atoms with Gasteiger partial charge in [0.05, 0.1) is 0 Å². The average molecular weight is 400 g/mol. The molecule has 0 radical (unpaired) electrons. The van der Waals surface area contributed by atoms with E-state index in [2.05, 4.69) is 15.5 Å². The molecule has 2 heterocycles. The SMILES string of the molecule is O=C(CCSc1ccc(Cl)cc1)Nc1nnc(-c2cc3ccccc3o2)o1. The maximum atomic E-state index is 12.0. The van der Waals surface area contributed by atoms with Crippen molar-refractivity contribution in [3.63, 3.8) is 0 Å². The van der Waals surface area contributed by atoms with Crippen LogP contribution in [0.3, 0.4) is 0 Å². The van der Waals surface area contributed by atoms with E-state index in [9.17, 15) is 4.79 Å². The third kappa shape index (κ3) is 4.32. The third-order valence-electron chi connectivity index (χ3n) is 3.72. The van der Waals surface area contributed by atoms with Crippen LogP contribution in [0.2, 0.25) is 5.02 Å². The number of aromatic nitrogens is 2. The van der Waals surface area contributed by atoms with Crippen molar-refractivity contribution in [3.8, 4) is 11.7 Å². The number of fused-ring (bicyclic) bond motifs is 1. The number of carbonyl (C=O) groups excluding carboxylic acids is 1. The van der Waals surface area contributed by atoms with Gasteiger partial charge in [-0.1, -0.05) is 34.9 Å². The first-order valence-electron chi connectivity index (χ1n) is 8.18. The Bertz CT molecular complexity index is 1040. The molecular formula is C19H14ClN3O3S. The van der Waals surface area contributed by atoms with Crippen LogP contribution in [0.4, 0.5) is 6.01 Å². The van der Waals surface area contributed by atoms with Crippen LogP contribution in [-0.4, -0.2) is 21.9 Å². The number of nitrogens with zero attached hydrogens (tertiary/aromatic N) is 2. The van der Waals surface area contributed by atoms with Crippen molar-refractivity contribution < 1.29 is 13.6 Å². The maximum Gasteiger partial charge on any atom is 0.322 e. The standard InChI is InChI=1S/C19H14ClN3O3S/c20-13-5-7-14(8-6-13)27-10-9-17(24)21-19-23-22-18(26-19)16-11-12-3-1-2-4-15(12)25-16/h1-8,11H,9-10H2,(H,21,23,24). The molecule has 1 amide bonds. The molecule has 0 fully saturated rings. The summed E-state index contributed by atoms with van der Waals surface area (Å²) in [6, 6.07) is 16.9. The number of para-hydroxylation sites is 1. The van der Waals surface area contributed by atoms with Gasteiger partial charge in [0.1, 0.15) is 5.58 Å². The molecule has 0 aliphatic carbocycles. The van der Waals surface area contributed by atoms with Crippen LogP contribution in [0.5, 0.6) is 0 Å². The van der Waals surface area contributed by atoms with E-state index in [-0.39, 0.29) is 17.8 Å². The Morgan fingerprint density at radius 2 is 1.89 bits per heavy atom. The predicted octanol–water partition coefficient (Wildman–Crippen LogP) is 5.26. The molecular weight excluding hydrogens is 386 g/mol. The van der Waals surface area contributed by atoms with Crippen LogP contribution in [-0.2, 0) is 4.79 Å². The normalized spacial score (nSPS) is 11.0. The Hall–Kier alpha value is -2.77. The Morgan fingerprint density at radius 1 is 1.07 bits per heavy atom. The van der Waals surface area contributed by atoms with Crippen LogP contribution in [0.1, 0.15) is 6.42 Å². The molecule has 1 N–H and O–H groups in total. The van der Waals surface area contributed by atoms with Crippen LogP contribution < -0.4 is 5.32 Å². The van der Waals surface area contributed by atoms with Gasteiger partial charge in [-0.2, -0.15) is 0 Å². The van der Waals surface area contributed by atoms with Crippen molar-refractivity contribution in [2.45, 2.75) is 11.3 Å². The van der Waals surface area contributed by atoms with E-state index >= 15 is 0 Å². The van der Waals surface area contributed by atoms with E-state index in [1.165, 1.54) is 0 Å². The molecule has 0 spiro atoms. The summed E-state index contributed by atoms with van der Waals surface area (Å²) in [5, 5.41) is 12.0. The van der Waals surface area contributed by atoms with Gasteiger partial charge in [-0.05, 0) is 36.4 Å². The number of hydrogen-bond donors (Lipinski definition) is 1. The number of furan rings is 1. The summed E-state index contributed by atoms with van der Waals surface area (Å²) in [5.74, 6) is 1.11. The zero-order valence-corrected chi connectivity index (χ0v) is 15.6. The van der Waals surface area contributed by atoms with E-state index in [4.69, 9.17) is 20.4 Å². The average Bonchev–Trinajstić information content (AvgIpc) is 3.30. The van der Waals surface area contributed by atoms with Crippen molar-refractivity contribution in [2.24, 2.45) is 0 Å². The van der Waals surface area contributed by atoms with E-state index < -0.39 is 0 Å². The number of benzene rings is 2. The molecule has 2 aromatic carbocycles. The fourth-order valence-corrected chi connectivity index (χ4v) is 3.41. The molecule has 6 nitrogen and oxygen atoms in total. The first-order valence-corrected chi connectivity index (χ1v) is 9.54. The molecule has 8 heteroatoms. The van der Waals surface area contributed by atoms with Gasteiger partial charge in [0.15, 0.2) is 5.76 Å². The number of rotatable bonds is 6. The highest BCUT2D eigenvalue weighted by atomic mass is 35.5. The van der Waals surface area contributed by atoms with Crippen LogP contribution in [0, 0.1) is 0 Å². The highest BCUT2D eigenvalue weighted by Crippen LogP contribution is 2.27. The summed E-state index contributed by atoms with van der Waals surface area (Å²) in [6.07, 6.45) is 0.315. The molecule has 2 aromatic heterocycles. The summed E-state index contributed by atoms with van der Waals surface area (Å²) >= 11 is 7.42. The van der Waals surface area contributed by atoms with E-state index in [0.29, 0.717) is 23.0 Å². The molecule has 0 aliphatic rings. The Balaban J connectivity index is 1.33. The number of anilines is 1. The Kier molecular flexibility index (Phi) is 5.13. The largest absolute Gasteiger partial charge is 0.451 e.